The third kappa shape index (κ3) is 2.26. The first-order valence-corrected chi connectivity index (χ1v) is 6.65. The monoisotopic (exact) mass is 251 g/mol. The number of carbonyl (C=O) groups excluding carboxylic acids is 1. The van der Waals surface area contributed by atoms with Crippen LogP contribution in [0.2, 0.25) is 0 Å². The molecule has 96 valence electrons. The SMILES string of the molecule is Cc1cc(C=O)ccc1N1CCc2ccccc2C1. The number of anilines is 1. The van der Waals surface area contributed by atoms with Crippen molar-refractivity contribution in [3.8, 4) is 0 Å². The zero-order valence-electron chi connectivity index (χ0n) is 11.1. The highest BCUT2D eigenvalue weighted by Gasteiger charge is 2.17. The van der Waals surface area contributed by atoms with Gasteiger partial charge in [-0.15, -0.1) is 0 Å². The van der Waals surface area contributed by atoms with E-state index < -0.39 is 0 Å². The van der Waals surface area contributed by atoms with Crippen LogP contribution in [-0.2, 0) is 13.0 Å². The van der Waals surface area contributed by atoms with E-state index in [1.165, 1.54) is 22.4 Å². The molecule has 0 bridgehead atoms. The molecule has 0 aromatic heterocycles. The Bertz CT molecular complexity index is 618. The minimum Gasteiger partial charge on any atom is -0.367 e. The molecule has 0 fully saturated rings. The normalized spacial score (nSPS) is 14.1. The Morgan fingerprint density at radius 3 is 2.63 bits per heavy atom. The van der Waals surface area contributed by atoms with Gasteiger partial charge < -0.3 is 4.90 Å². The lowest BCUT2D eigenvalue weighted by molar-refractivity contribution is 0.112. The largest absolute Gasteiger partial charge is 0.367 e. The van der Waals surface area contributed by atoms with E-state index in [1.54, 1.807) is 0 Å². The summed E-state index contributed by atoms with van der Waals surface area (Å²) in [6.07, 6.45) is 1.99. The Hall–Kier alpha value is -2.09. The van der Waals surface area contributed by atoms with Gasteiger partial charge in [0.05, 0.1) is 0 Å². The van der Waals surface area contributed by atoms with Crippen molar-refractivity contribution >= 4 is 12.0 Å². The van der Waals surface area contributed by atoms with Gasteiger partial charge >= 0.3 is 0 Å². The molecule has 2 aromatic carbocycles. The van der Waals surface area contributed by atoms with E-state index in [1.807, 2.05) is 12.1 Å². The maximum Gasteiger partial charge on any atom is 0.150 e. The molecule has 2 aromatic rings. The van der Waals surface area contributed by atoms with Crippen molar-refractivity contribution in [2.45, 2.75) is 19.9 Å². The van der Waals surface area contributed by atoms with E-state index in [4.69, 9.17) is 0 Å². The molecule has 1 aliphatic rings. The van der Waals surface area contributed by atoms with Gasteiger partial charge in [-0.2, -0.15) is 0 Å². The van der Waals surface area contributed by atoms with Crippen molar-refractivity contribution in [1.29, 1.82) is 0 Å². The van der Waals surface area contributed by atoms with Crippen LogP contribution in [0.3, 0.4) is 0 Å². The molecular weight excluding hydrogens is 234 g/mol. The minimum absolute atomic E-state index is 0.749. The van der Waals surface area contributed by atoms with Gasteiger partial charge in [0, 0.05) is 24.3 Å². The first kappa shape index (κ1) is 12.0. The summed E-state index contributed by atoms with van der Waals surface area (Å²) in [5, 5.41) is 0. The van der Waals surface area contributed by atoms with Crippen LogP contribution in [0.25, 0.3) is 0 Å². The molecule has 0 unspecified atom stereocenters. The fraction of sp³-hybridized carbons (Fsp3) is 0.235. The smallest absolute Gasteiger partial charge is 0.150 e. The summed E-state index contributed by atoms with van der Waals surface area (Å²) in [5.74, 6) is 0. The third-order valence-electron chi connectivity index (χ3n) is 3.83. The molecule has 1 heterocycles. The van der Waals surface area contributed by atoms with Gasteiger partial charge in [0.15, 0.2) is 0 Å². The average Bonchev–Trinajstić information content (AvgIpc) is 2.46. The van der Waals surface area contributed by atoms with E-state index in [0.29, 0.717) is 0 Å². The summed E-state index contributed by atoms with van der Waals surface area (Å²) in [7, 11) is 0. The zero-order valence-corrected chi connectivity index (χ0v) is 11.1. The highest BCUT2D eigenvalue weighted by atomic mass is 16.1. The first-order valence-electron chi connectivity index (χ1n) is 6.65. The molecule has 0 radical (unpaired) electrons. The van der Waals surface area contributed by atoms with Crippen molar-refractivity contribution in [1.82, 2.24) is 0 Å². The van der Waals surface area contributed by atoms with Gasteiger partial charge in [-0.1, -0.05) is 24.3 Å². The predicted octanol–water partition coefficient (Wildman–Crippen LogP) is 3.37. The second-order valence-electron chi connectivity index (χ2n) is 5.10. The zero-order chi connectivity index (χ0) is 13.2. The summed E-state index contributed by atoms with van der Waals surface area (Å²) < 4.78 is 0. The Labute approximate surface area is 113 Å². The third-order valence-corrected chi connectivity index (χ3v) is 3.83. The number of aryl methyl sites for hydroxylation is 1. The summed E-state index contributed by atoms with van der Waals surface area (Å²) in [6.45, 7) is 4.07. The van der Waals surface area contributed by atoms with Crippen LogP contribution in [0.1, 0.15) is 27.0 Å². The maximum atomic E-state index is 10.8. The number of carbonyl (C=O) groups is 1. The quantitative estimate of drug-likeness (QED) is 0.763. The molecular formula is C17H17NO. The number of benzene rings is 2. The molecule has 2 heteroatoms. The summed E-state index contributed by atoms with van der Waals surface area (Å²) in [4.78, 5) is 13.2. The van der Waals surface area contributed by atoms with Crippen molar-refractivity contribution in [2.24, 2.45) is 0 Å². The number of hydrogen-bond donors (Lipinski definition) is 0. The van der Waals surface area contributed by atoms with Gasteiger partial charge in [0.25, 0.3) is 0 Å². The number of rotatable bonds is 2. The Kier molecular flexibility index (Phi) is 3.08. The average molecular weight is 251 g/mol. The predicted molar refractivity (Wildman–Crippen MR) is 77.8 cm³/mol. The van der Waals surface area contributed by atoms with Crippen LogP contribution in [-0.4, -0.2) is 12.8 Å². The van der Waals surface area contributed by atoms with Crippen molar-refractivity contribution in [2.75, 3.05) is 11.4 Å². The molecule has 19 heavy (non-hydrogen) atoms. The van der Waals surface area contributed by atoms with Gasteiger partial charge in [-0.3, -0.25) is 4.79 Å². The number of aldehydes is 1. The van der Waals surface area contributed by atoms with E-state index in [2.05, 4.69) is 42.2 Å². The van der Waals surface area contributed by atoms with E-state index in [-0.39, 0.29) is 0 Å². The van der Waals surface area contributed by atoms with Crippen LogP contribution in [0.15, 0.2) is 42.5 Å². The number of hydrogen-bond acceptors (Lipinski definition) is 2. The Morgan fingerprint density at radius 1 is 1.11 bits per heavy atom. The van der Waals surface area contributed by atoms with Crippen molar-refractivity contribution in [3.63, 3.8) is 0 Å². The topological polar surface area (TPSA) is 20.3 Å². The summed E-state index contributed by atoms with van der Waals surface area (Å²) in [6, 6.07) is 14.6. The van der Waals surface area contributed by atoms with Crippen LogP contribution in [0, 0.1) is 6.92 Å². The lowest BCUT2D eigenvalue weighted by Crippen LogP contribution is -2.30. The highest BCUT2D eigenvalue weighted by molar-refractivity contribution is 5.77. The van der Waals surface area contributed by atoms with Crippen molar-refractivity contribution in [3.05, 3.63) is 64.7 Å². The van der Waals surface area contributed by atoms with Crippen LogP contribution >= 0.6 is 0 Å². The Balaban J connectivity index is 1.91. The van der Waals surface area contributed by atoms with Gasteiger partial charge in [0.1, 0.15) is 6.29 Å². The number of fused-ring (bicyclic) bond motifs is 1. The Morgan fingerprint density at radius 2 is 1.89 bits per heavy atom. The van der Waals surface area contributed by atoms with Gasteiger partial charge in [-0.25, -0.2) is 0 Å². The first-order chi connectivity index (χ1) is 9.28. The molecule has 0 saturated carbocycles. The summed E-state index contributed by atoms with van der Waals surface area (Å²) >= 11 is 0. The molecule has 1 aliphatic heterocycles. The lowest BCUT2D eigenvalue weighted by Gasteiger charge is -2.32. The minimum atomic E-state index is 0.749. The van der Waals surface area contributed by atoms with Gasteiger partial charge in [0.2, 0.25) is 0 Å². The molecule has 0 aliphatic carbocycles. The van der Waals surface area contributed by atoms with Crippen LogP contribution in [0.5, 0.6) is 0 Å². The lowest BCUT2D eigenvalue weighted by atomic mass is 9.98. The molecule has 0 atom stereocenters. The second kappa shape index (κ2) is 4.88. The number of nitrogens with zero attached hydrogens (tertiary/aromatic N) is 1. The van der Waals surface area contributed by atoms with E-state index in [0.717, 1.165) is 31.4 Å². The van der Waals surface area contributed by atoms with E-state index >= 15 is 0 Å². The maximum absolute atomic E-state index is 10.8. The second-order valence-corrected chi connectivity index (χ2v) is 5.10. The van der Waals surface area contributed by atoms with Crippen molar-refractivity contribution < 1.29 is 4.79 Å². The molecule has 0 saturated heterocycles. The highest BCUT2D eigenvalue weighted by Crippen LogP contribution is 2.27. The summed E-state index contributed by atoms with van der Waals surface area (Å²) in [5.41, 5.74) is 6.02. The molecule has 0 N–H and O–H groups in total. The molecule has 0 spiro atoms. The van der Waals surface area contributed by atoms with E-state index in [9.17, 15) is 4.79 Å². The van der Waals surface area contributed by atoms with Gasteiger partial charge in [-0.05, 0) is 48.2 Å². The molecule has 0 amide bonds. The fourth-order valence-electron chi connectivity index (χ4n) is 2.81. The van der Waals surface area contributed by atoms with Crippen LogP contribution in [0.4, 0.5) is 5.69 Å². The molecule has 2 nitrogen and oxygen atoms in total. The standard InChI is InChI=1S/C17H17NO/c1-13-10-14(12-19)6-7-17(13)18-9-8-15-4-2-3-5-16(15)11-18/h2-7,10,12H,8-9,11H2,1H3. The fourth-order valence-corrected chi connectivity index (χ4v) is 2.81. The van der Waals surface area contributed by atoms with Crippen LogP contribution < -0.4 is 4.90 Å². The molecule has 3 rings (SSSR count).